The third kappa shape index (κ3) is 6.34. The van der Waals surface area contributed by atoms with E-state index in [4.69, 9.17) is 11.2 Å². The second-order valence-electron chi connectivity index (χ2n) is 5.86. The standard InChI is InChI=1S/C20H20N4O5/c1-3-14-5-4-6-16(11-14)23-19(25)13-22-20(26)15-7-8-17(21-9-10-29-2)18(12-15)24(27)28/h1,4-8,11-12,21H,9-10,13H2,2H3,(H,22,26)(H,23,25). The summed E-state index contributed by atoms with van der Waals surface area (Å²) in [7, 11) is 1.52. The highest BCUT2D eigenvalue weighted by molar-refractivity contribution is 6.00. The van der Waals surface area contributed by atoms with Crippen molar-refractivity contribution in [1.82, 2.24) is 5.32 Å². The molecule has 0 heterocycles. The fraction of sp³-hybridized carbons (Fsp3) is 0.200. The normalized spacial score (nSPS) is 9.93. The van der Waals surface area contributed by atoms with E-state index in [1.165, 1.54) is 19.2 Å². The first-order valence-corrected chi connectivity index (χ1v) is 8.60. The number of hydrogen-bond acceptors (Lipinski definition) is 6. The molecule has 0 saturated heterocycles. The molecule has 2 amide bonds. The van der Waals surface area contributed by atoms with Crippen molar-refractivity contribution in [3.05, 3.63) is 63.7 Å². The molecule has 0 bridgehead atoms. The Kier molecular flexibility index (Phi) is 7.70. The van der Waals surface area contributed by atoms with Crippen LogP contribution in [0.2, 0.25) is 0 Å². The van der Waals surface area contributed by atoms with Crippen LogP contribution in [0.25, 0.3) is 0 Å². The minimum absolute atomic E-state index is 0.0659. The number of ether oxygens (including phenoxy) is 1. The Labute approximate surface area is 167 Å². The molecule has 0 aliphatic rings. The third-order valence-electron chi connectivity index (χ3n) is 3.80. The lowest BCUT2D eigenvalue weighted by molar-refractivity contribution is -0.384. The van der Waals surface area contributed by atoms with Crippen LogP contribution >= 0.6 is 0 Å². The van der Waals surface area contributed by atoms with Crippen molar-refractivity contribution in [2.75, 3.05) is 37.4 Å². The van der Waals surface area contributed by atoms with Crippen LogP contribution < -0.4 is 16.0 Å². The molecule has 0 aliphatic carbocycles. The molecule has 2 aromatic rings. The zero-order valence-corrected chi connectivity index (χ0v) is 15.7. The second-order valence-corrected chi connectivity index (χ2v) is 5.86. The zero-order valence-electron chi connectivity index (χ0n) is 15.7. The molecule has 2 aromatic carbocycles. The molecule has 0 atom stereocenters. The van der Waals surface area contributed by atoms with Crippen molar-refractivity contribution in [2.24, 2.45) is 0 Å². The van der Waals surface area contributed by atoms with E-state index >= 15 is 0 Å². The molecule has 0 aromatic heterocycles. The van der Waals surface area contributed by atoms with Crippen LogP contribution in [0, 0.1) is 22.5 Å². The number of carbonyl (C=O) groups excluding carboxylic acids is 2. The number of amides is 2. The Morgan fingerprint density at radius 3 is 2.72 bits per heavy atom. The van der Waals surface area contributed by atoms with E-state index in [9.17, 15) is 19.7 Å². The van der Waals surface area contributed by atoms with E-state index in [-0.39, 0.29) is 23.5 Å². The van der Waals surface area contributed by atoms with Gasteiger partial charge in [0.15, 0.2) is 0 Å². The predicted octanol–water partition coefficient (Wildman–Crippen LogP) is 2.00. The van der Waals surface area contributed by atoms with Crippen molar-refractivity contribution in [2.45, 2.75) is 0 Å². The summed E-state index contributed by atoms with van der Waals surface area (Å²) in [5, 5.41) is 19.2. The second kappa shape index (κ2) is 10.4. The van der Waals surface area contributed by atoms with Crippen molar-refractivity contribution in [3.8, 4) is 12.3 Å². The van der Waals surface area contributed by atoms with E-state index in [0.29, 0.717) is 24.4 Å². The van der Waals surface area contributed by atoms with Gasteiger partial charge >= 0.3 is 0 Å². The van der Waals surface area contributed by atoms with Crippen LogP contribution in [0.1, 0.15) is 15.9 Å². The average Bonchev–Trinajstić information content (AvgIpc) is 2.72. The maximum absolute atomic E-state index is 12.3. The van der Waals surface area contributed by atoms with Gasteiger partial charge in [-0.25, -0.2) is 0 Å². The Bertz CT molecular complexity index is 952. The van der Waals surface area contributed by atoms with Crippen molar-refractivity contribution < 1.29 is 19.2 Å². The van der Waals surface area contributed by atoms with Gasteiger partial charge in [0.1, 0.15) is 5.69 Å². The summed E-state index contributed by atoms with van der Waals surface area (Å²) in [5.74, 6) is 1.39. The van der Waals surface area contributed by atoms with Crippen LogP contribution in [-0.4, -0.2) is 43.5 Å². The molecule has 0 saturated carbocycles. The molecule has 0 aliphatic heterocycles. The summed E-state index contributed by atoms with van der Waals surface area (Å²) in [5.41, 5.74) is 1.20. The Morgan fingerprint density at radius 1 is 1.24 bits per heavy atom. The number of nitrogens with one attached hydrogen (secondary N) is 3. The van der Waals surface area contributed by atoms with Crippen LogP contribution in [0.5, 0.6) is 0 Å². The molecule has 0 fully saturated rings. The molecule has 0 radical (unpaired) electrons. The Balaban J connectivity index is 1.99. The quantitative estimate of drug-likeness (QED) is 0.258. The lowest BCUT2D eigenvalue weighted by atomic mass is 10.1. The van der Waals surface area contributed by atoms with E-state index < -0.39 is 16.7 Å². The molecular formula is C20H20N4O5. The molecule has 3 N–H and O–H groups in total. The van der Waals surface area contributed by atoms with Crippen LogP contribution in [0.3, 0.4) is 0 Å². The van der Waals surface area contributed by atoms with Crippen LogP contribution in [-0.2, 0) is 9.53 Å². The van der Waals surface area contributed by atoms with Crippen LogP contribution in [0.15, 0.2) is 42.5 Å². The molecular weight excluding hydrogens is 376 g/mol. The summed E-state index contributed by atoms with van der Waals surface area (Å²) in [6, 6.07) is 10.7. The van der Waals surface area contributed by atoms with Gasteiger partial charge in [-0.3, -0.25) is 19.7 Å². The van der Waals surface area contributed by atoms with Gasteiger partial charge < -0.3 is 20.7 Å². The minimum Gasteiger partial charge on any atom is -0.383 e. The first-order chi connectivity index (χ1) is 13.9. The summed E-state index contributed by atoms with van der Waals surface area (Å²) in [6.45, 7) is 0.448. The number of methoxy groups -OCH3 is 1. The van der Waals surface area contributed by atoms with Crippen molar-refractivity contribution >= 4 is 28.9 Å². The first-order valence-electron chi connectivity index (χ1n) is 8.60. The van der Waals surface area contributed by atoms with E-state index in [1.807, 2.05) is 0 Å². The summed E-state index contributed by atoms with van der Waals surface area (Å²) >= 11 is 0. The van der Waals surface area contributed by atoms with Gasteiger partial charge in [-0.1, -0.05) is 12.0 Å². The number of benzene rings is 2. The lowest BCUT2D eigenvalue weighted by Gasteiger charge is -2.09. The molecule has 9 heteroatoms. The van der Waals surface area contributed by atoms with Gasteiger partial charge in [-0.2, -0.15) is 0 Å². The SMILES string of the molecule is C#Cc1cccc(NC(=O)CNC(=O)c2ccc(NCCOC)c([N+](=O)[O-])c2)c1. The van der Waals surface area contributed by atoms with Gasteiger partial charge in [0.2, 0.25) is 5.91 Å². The largest absolute Gasteiger partial charge is 0.383 e. The fourth-order valence-electron chi connectivity index (χ4n) is 2.42. The van der Waals surface area contributed by atoms with Gasteiger partial charge in [-0.15, -0.1) is 6.42 Å². The molecule has 150 valence electrons. The smallest absolute Gasteiger partial charge is 0.293 e. The summed E-state index contributed by atoms with van der Waals surface area (Å²) < 4.78 is 4.89. The summed E-state index contributed by atoms with van der Waals surface area (Å²) in [6.07, 6.45) is 5.31. The maximum atomic E-state index is 12.3. The Hall–Kier alpha value is -3.90. The number of rotatable bonds is 9. The average molecular weight is 396 g/mol. The minimum atomic E-state index is -0.607. The monoisotopic (exact) mass is 396 g/mol. The number of hydrogen-bond donors (Lipinski definition) is 3. The number of terminal acetylenes is 1. The molecule has 2 rings (SSSR count). The predicted molar refractivity (Wildman–Crippen MR) is 109 cm³/mol. The van der Waals surface area contributed by atoms with Gasteiger partial charge in [-0.05, 0) is 30.3 Å². The highest BCUT2D eigenvalue weighted by Crippen LogP contribution is 2.25. The highest BCUT2D eigenvalue weighted by Gasteiger charge is 2.18. The van der Waals surface area contributed by atoms with E-state index in [1.54, 1.807) is 24.3 Å². The molecule has 29 heavy (non-hydrogen) atoms. The number of nitro benzene ring substituents is 1. The van der Waals surface area contributed by atoms with E-state index in [0.717, 1.165) is 6.07 Å². The van der Waals surface area contributed by atoms with Gasteiger partial charge in [0.05, 0.1) is 18.1 Å². The lowest BCUT2D eigenvalue weighted by Crippen LogP contribution is -2.32. The number of nitrogens with zero attached hydrogens (tertiary/aromatic N) is 1. The first kappa shape index (κ1) is 21.4. The number of anilines is 2. The van der Waals surface area contributed by atoms with Gasteiger partial charge in [0.25, 0.3) is 11.6 Å². The molecule has 9 nitrogen and oxygen atoms in total. The Morgan fingerprint density at radius 2 is 2.03 bits per heavy atom. The van der Waals surface area contributed by atoms with Crippen LogP contribution in [0.4, 0.5) is 17.1 Å². The fourth-order valence-corrected chi connectivity index (χ4v) is 2.42. The van der Waals surface area contributed by atoms with Crippen molar-refractivity contribution in [1.29, 1.82) is 0 Å². The zero-order chi connectivity index (χ0) is 21.2. The van der Waals surface area contributed by atoms with Gasteiger partial charge in [0, 0.05) is 36.5 Å². The summed E-state index contributed by atoms with van der Waals surface area (Å²) in [4.78, 5) is 35.0. The van der Waals surface area contributed by atoms with Crippen molar-refractivity contribution in [3.63, 3.8) is 0 Å². The topological polar surface area (TPSA) is 123 Å². The highest BCUT2D eigenvalue weighted by atomic mass is 16.6. The number of nitro groups is 1. The maximum Gasteiger partial charge on any atom is 0.293 e. The molecule has 0 unspecified atom stereocenters. The van der Waals surface area contributed by atoms with E-state index in [2.05, 4.69) is 21.9 Å². The third-order valence-corrected chi connectivity index (χ3v) is 3.80. The number of carbonyl (C=O) groups is 2. The molecule has 0 spiro atoms.